The molecule has 0 fully saturated rings. The number of nitrogens with zero attached hydrogens (tertiary/aromatic N) is 1. The molecule has 0 aliphatic carbocycles. The highest BCUT2D eigenvalue weighted by atomic mass is 16.2. The van der Waals surface area contributed by atoms with Gasteiger partial charge in [0.25, 0.3) is 0 Å². The number of amides is 1. The molecule has 3 N–H and O–H groups in total. The molecule has 0 saturated carbocycles. The van der Waals surface area contributed by atoms with Crippen LogP contribution >= 0.6 is 0 Å². The molecule has 0 aliphatic rings. The Balaban J connectivity index is 3.67. The van der Waals surface area contributed by atoms with Crippen LogP contribution in [0, 0.1) is 5.92 Å². The van der Waals surface area contributed by atoms with E-state index in [0.717, 1.165) is 13.1 Å². The van der Waals surface area contributed by atoms with Crippen LogP contribution in [-0.2, 0) is 4.79 Å². The number of nitrogens with one attached hydrogen (secondary N) is 1. The lowest BCUT2D eigenvalue weighted by atomic mass is 10.1. The van der Waals surface area contributed by atoms with Crippen LogP contribution in [0.2, 0.25) is 0 Å². The van der Waals surface area contributed by atoms with Crippen molar-refractivity contribution in [3.63, 3.8) is 0 Å². The number of rotatable bonds is 4. The van der Waals surface area contributed by atoms with Crippen LogP contribution < -0.4 is 11.3 Å². The molecule has 66 valence electrons. The van der Waals surface area contributed by atoms with Crippen LogP contribution in [0.15, 0.2) is 0 Å². The Morgan fingerprint density at radius 2 is 2.27 bits per heavy atom. The fraction of sp³-hybridized carbons (Fsp3) is 0.857. The average molecular weight is 159 g/mol. The normalized spacial score (nSPS) is 13.2. The summed E-state index contributed by atoms with van der Waals surface area (Å²) in [6.07, 6.45) is 0. The molecule has 4 heteroatoms. The van der Waals surface area contributed by atoms with Crippen molar-refractivity contribution < 1.29 is 4.79 Å². The Kier molecular flexibility index (Phi) is 4.81. The van der Waals surface area contributed by atoms with Crippen molar-refractivity contribution in [3.8, 4) is 0 Å². The topological polar surface area (TPSA) is 58.4 Å². The Hall–Kier alpha value is -0.610. The van der Waals surface area contributed by atoms with Gasteiger partial charge in [0, 0.05) is 12.5 Å². The Morgan fingerprint density at radius 1 is 1.73 bits per heavy atom. The Labute approximate surface area is 67.7 Å². The summed E-state index contributed by atoms with van der Waals surface area (Å²) in [5.74, 6) is 4.83. The standard InChI is InChI=1S/C7H17N3O/c1-4-10(3)5-6(2)7(11)9-8/h6H,4-5,8H2,1-3H3,(H,9,11). The largest absolute Gasteiger partial charge is 0.306 e. The smallest absolute Gasteiger partial charge is 0.237 e. The van der Waals surface area contributed by atoms with E-state index >= 15 is 0 Å². The molecule has 11 heavy (non-hydrogen) atoms. The molecule has 0 aromatic heterocycles. The van der Waals surface area contributed by atoms with E-state index in [0.29, 0.717) is 0 Å². The lowest BCUT2D eigenvalue weighted by Gasteiger charge is -2.17. The van der Waals surface area contributed by atoms with Gasteiger partial charge in [-0.05, 0) is 13.6 Å². The van der Waals surface area contributed by atoms with Gasteiger partial charge in [-0.3, -0.25) is 10.2 Å². The van der Waals surface area contributed by atoms with E-state index in [1.807, 2.05) is 20.9 Å². The van der Waals surface area contributed by atoms with Crippen LogP contribution in [0.5, 0.6) is 0 Å². The molecule has 0 heterocycles. The molecule has 0 aromatic rings. The minimum atomic E-state index is -0.106. The predicted molar refractivity (Wildman–Crippen MR) is 44.7 cm³/mol. The number of hydrazine groups is 1. The van der Waals surface area contributed by atoms with Crippen LogP contribution in [0.1, 0.15) is 13.8 Å². The number of hydrogen-bond donors (Lipinski definition) is 2. The molecule has 1 amide bonds. The maximum Gasteiger partial charge on any atom is 0.237 e. The van der Waals surface area contributed by atoms with Crippen molar-refractivity contribution in [2.45, 2.75) is 13.8 Å². The van der Waals surface area contributed by atoms with E-state index in [9.17, 15) is 4.79 Å². The molecular formula is C7H17N3O. The summed E-state index contributed by atoms with van der Waals surface area (Å²) in [4.78, 5) is 13.0. The van der Waals surface area contributed by atoms with Crippen molar-refractivity contribution in [2.24, 2.45) is 11.8 Å². The zero-order valence-electron chi connectivity index (χ0n) is 7.42. The molecule has 0 radical (unpaired) electrons. The van der Waals surface area contributed by atoms with Crippen LogP contribution in [0.25, 0.3) is 0 Å². The van der Waals surface area contributed by atoms with E-state index in [2.05, 4.69) is 10.3 Å². The van der Waals surface area contributed by atoms with Gasteiger partial charge in [0.15, 0.2) is 0 Å². The monoisotopic (exact) mass is 159 g/mol. The van der Waals surface area contributed by atoms with Crippen molar-refractivity contribution in [2.75, 3.05) is 20.1 Å². The lowest BCUT2D eigenvalue weighted by Crippen LogP contribution is -2.39. The summed E-state index contributed by atoms with van der Waals surface area (Å²) in [6, 6.07) is 0. The minimum absolute atomic E-state index is 0.0371. The third-order valence-electron chi connectivity index (χ3n) is 1.72. The second-order valence-corrected chi connectivity index (χ2v) is 2.76. The fourth-order valence-corrected chi connectivity index (χ4v) is 0.822. The third kappa shape index (κ3) is 3.95. The van der Waals surface area contributed by atoms with E-state index in [4.69, 9.17) is 5.84 Å². The van der Waals surface area contributed by atoms with Crippen LogP contribution in [-0.4, -0.2) is 30.9 Å². The van der Waals surface area contributed by atoms with Gasteiger partial charge in [0.1, 0.15) is 0 Å². The molecule has 1 unspecified atom stereocenters. The maximum atomic E-state index is 10.9. The maximum absolute atomic E-state index is 10.9. The molecule has 0 spiro atoms. The van der Waals surface area contributed by atoms with E-state index in [1.165, 1.54) is 0 Å². The molecule has 0 bridgehead atoms. The van der Waals surface area contributed by atoms with E-state index in [-0.39, 0.29) is 11.8 Å². The minimum Gasteiger partial charge on any atom is -0.306 e. The first-order valence-corrected chi connectivity index (χ1v) is 3.80. The zero-order valence-corrected chi connectivity index (χ0v) is 7.42. The van der Waals surface area contributed by atoms with Gasteiger partial charge >= 0.3 is 0 Å². The Bertz CT molecular complexity index is 127. The van der Waals surface area contributed by atoms with Gasteiger partial charge in [-0.1, -0.05) is 13.8 Å². The molecule has 0 aromatic carbocycles. The summed E-state index contributed by atoms with van der Waals surface area (Å²) in [5, 5.41) is 0. The number of nitrogens with two attached hydrogens (primary N) is 1. The van der Waals surface area contributed by atoms with Gasteiger partial charge in [0.05, 0.1) is 0 Å². The molecular weight excluding hydrogens is 142 g/mol. The number of carbonyl (C=O) groups is 1. The van der Waals surface area contributed by atoms with Gasteiger partial charge in [-0.15, -0.1) is 0 Å². The molecule has 0 rings (SSSR count). The first-order chi connectivity index (χ1) is 5.11. The summed E-state index contributed by atoms with van der Waals surface area (Å²) in [7, 11) is 1.97. The third-order valence-corrected chi connectivity index (χ3v) is 1.72. The fourth-order valence-electron chi connectivity index (χ4n) is 0.822. The van der Waals surface area contributed by atoms with Crippen molar-refractivity contribution in [3.05, 3.63) is 0 Å². The molecule has 0 aliphatic heterocycles. The van der Waals surface area contributed by atoms with Crippen molar-refractivity contribution >= 4 is 5.91 Å². The Morgan fingerprint density at radius 3 is 2.64 bits per heavy atom. The highest BCUT2D eigenvalue weighted by Gasteiger charge is 2.12. The van der Waals surface area contributed by atoms with Gasteiger partial charge < -0.3 is 4.90 Å². The van der Waals surface area contributed by atoms with Gasteiger partial charge in [-0.2, -0.15) is 0 Å². The SMILES string of the molecule is CCN(C)CC(C)C(=O)NN. The number of hydrogen-bond acceptors (Lipinski definition) is 3. The summed E-state index contributed by atoms with van der Waals surface area (Å²) >= 11 is 0. The van der Waals surface area contributed by atoms with E-state index < -0.39 is 0 Å². The van der Waals surface area contributed by atoms with Crippen molar-refractivity contribution in [1.29, 1.82) is 0 Å². The predicted octanol–water partition coefficient (Wildman–Crippen LogP) is -0.436. The highest BCUT2D eigenvalue weighted by molar-refractivity contribution is 5.77. The second kappa shape index (κ2) is 5.09. The van der Waals surface area contributed by atoms with Gasteiger partial charge in [0.2, 0.25) is 5.91 Å². The first kappa shape index (κ1) is 10.4. The summed E-state index contributed by atoms with van der Waals surface area (Å²) in [5.41, 5.74) is 2.13. The molecule has 1 atom stereocenters. The first-order valence-electron chi connectivity index (χ1n) is 3.80. The highest BCUT2D eigenvalue weighted by Crippen LogP contribution is 1.96. The van der Waals surface area contributed by atoms with E-state index in [1.54, 1.807) is 0 Å². The second-order valence-electron chi connectivity index (χ2n) is 2.76. The quantitative estimate of drug-likeness (QED) is 0.332. The molecule has 4 nitrogen and oxygen atoms in total. The average Bonchev–Trinajstić information content (AvgIpc) is 2.02. The van der Waals surface area contributed by atoms with Crippen LogP contribution in [0.3, 0.4) is 0 Å². The zero-order chi connectivity index (χ0) is 8.85. The summed E-state index contributed by atoms with van der Waals surface area (Å²) < 4.78 is 0. The van der Waals surface area contributed by atoms with Crippen LogP contribution in [0.4, 0.5) is 0 Å². The molecule has 0 saturated heterocycles. The van der Waals surface area contributed by atoms with Gasteiger partial charge in [-0.25, -0.2) is 5.84 Å². The number of carbonyl (C=O) groups excluding carboxylic acids is 1. The van der Waals surface area contributed by atoms with Crippen molar-refractivity contribution in [1.82, 2.24) is 10.3 Å². The lowest BCUT2D eigenvalue weighted by molar-refractivity contribution is -0.125. The summed E-state index contributed by atoms with van der Waals surface area (Å²) in [6.45, 7) is 5.60.